The molecular formula is C12H8ClN. The van der Waals surface area contributed by atoms with E-state index in [4.69, 9.17) is 16.9 Å². The maximum Gasteiger partial charge on any atom is 0.152 e. The summed E-state index contributed by atoms with van der Waals surface area (Å²) in [6.07, 6.45) is 2.09. The van der Waals surface area contributed by atoms with Crippen molar-refractivity contribution in [3.05, 3.63) is 34.9 Å². The quantitative estimate of drug-likeness (QED) is 0.641. The van der Waals surface area contributed by atoms with E-state index in [1.54, 1.807) is 0 Å². The van der Waals surface area contributed by atoms with E-state index < -0.39 is 0 Å². The number of benzene rings is 1. The number of nitrogens with zero attached hydrogens (tertiary/aromatic N) is 1. The van der Waals surface area contributed by atoms with E-state index in [0.717, 1.165) is 17.9 Å². The molecule has 0 bridgehead atoms. The molecule has 0 saturated heterocycles. The average Bonchev–Trinajstić information content (AvgIpc) is 2.97. The molecule has 1 aliphatic carbocycles. The van der Waals surface area contributed by atoms with Gasteiger partial charge in [-0.3, -0.25) is 0 Å². The Kier molecular flexibility index (Phi) is 2.20. The summed E-state index contributed by atoms with van der Waals surface area (Å²) < 4.78 is 0. The van der Waals surface area contributed by atoms with Gasteiger partial charge in [0, 0.05) is 10.9 Å². The summed E-state index contributed by atoms with van der Waals surface area (Å²) in [6.45, 7) is 0. The summed E-state index contributed by atoms with van der Waals surface area (Å²) in [7, 11) is 0. The molecular weight excluding hydrogens is 194 g/mol. The van der Waals surface area contributed by atoms with E-state index in [1.165, 1.54) is 5.56 Å². The van der Waals surface area contributed by atoms with Crippen molar-refractivity contribution < 1.29 is 0 Å². The van der Waals surface area contributed by atoms with Gasteiger partial charge >= 0.3 is 0 Å². The first-order valence-corrected chi connectivity index (χ1v) is 4.82. The Morgan fingerprint density at radius 2 is 1.86 bits per heavy atom. The van der Waals surface area contributed by atoms with Crippen molar-refractivity contribution >= 4 is 11.6 Å². The van der Waals surface area contributed by atoms with Crippen LogP contribution in [0.5, 0.6) is 0 Å². The second-order valence-corrected chi connectivity index (χ2v) is 3.89. The van der Waals surface area contributed by atoms with Crippen LogP contribution in [0.4, 0.5) is 0 Å². The van der Waals surface area contributed by atoms with Gasteiger partial charge in [0.25, 0.3) is 0 Å². The van der Waals surface area contributed by atoms with E-state index in [0.29, 0.717) is 0 Å². The normalized spacial score (nSPS) is 16.3. The van der Waals surface area contributed by atoms with Crippen LogP contribution in [0, 0.1) is 23.2 Å². The van der Waals surface area contributed by atoms with E-state index in [2.05, 4.69) is 11.8 Å². The van der Waals surface area contributed by atoms with Crippen molar-refractivity contribution in [2.75, 3.05) is 0 Å². The number of nitriles is 1. The first kappa shape index (κ1) is 9.13. The standard InChI is InChI=1S/C12H8ClN/c13-11-4-2-10(3-5-11)12(7-8-12)6-1-9-14/h2-5H,7-8H2. The van der Waals surface area contributed by atoms with Crippen LogP contribution in [0.1, 0.15) is 18.4 Å². The van der Waals surface area contributed by atoms with Gasteiger partial charge in [-0.05, 0) is 30.5 Å². The lowest BCUT2D eigenvalue weighted by Crippen LogP contribution is -2.01. The summed E-state index contributed by atoms with van der Waals surface area (Å²) in [6, 6.07) is 9.56. The zero-order valence-corrected chi connectivity index (χ0v) is 8.30. The van der Waals surface area contributed by atoms with Gasteiger partial charge < -0.3 is 0 Å². The van der Waals surface area contributed by atoms with Gasteiger partial charge in [-0.25, -0.2) is 0 Å². The van der Waals surface area contributed by atoms with Crippen LogP contribution in [0.2, 0.25) is 5.02 Å². The highest BCUT2D eigenvalue weighted by atomic mass is 35.5. The largest absolute Gasteiger partial charge is 0.183 e. The first-order chi connectivity index (χ1) is 6.77. The van der Waals surface area contributed by atoms with Gasteiger partial charge in [0.2, 0.25) is 0 Å². The minimum absolute atomic E-state index is 0.0552. The van der Waals surface area contributed by atoms with Crippen LogP contribution < -0.4 is 0 Å². The third kappa shape index (κ3) is 1.60. The maximum atomic E-state index is 8.40. The van der Waals surface area contributed by atoms with Crippen LogP contribution in [0.25, 0.3) is 0 Å². The number of halogens is 1. The maximum absolute atomic E-state index is 8.40. The smallest absolute Gasteiger partial charge is 0.152 e. The molecule has 1 saturated carbocycles. The topological polar surface area (TPSA) is 23.8 Å². The molecule has 0 unspecified atom stereocenters. The van der Waals surface area contributed by atoms with E-state index >= 15 is 0 Å². The highest BCUT2D eigenvalue weighted by Crippen LogP contribution is 2.47. The lowest BCUT2D eigenvalue weighted by Gasteiger charge is -2.06. The average molecular weight is 202 g/mol. The van der Waals surface area contributed by atoms with Gasteiger partial charge in [0.05, 0.1) is 5.41 Å². The Balaban J connectivity index is 2.32. The Labute approximate surface area is 88.3 Å². The molecule has 0 heterocycles. The van der Waals surface area contributed by atoms with Crippen molar-refractivity contribution in [2.45, 2.75) is 18.3 Å². The summed E-state index contributed by atoms with van der Waals surface area (Å²) >= 11 is 5.80. The Morgan fingerprint density at radius 1 is 1.21 bits per heavy atom. The molecule has 0 amide bonds. The fourth-order valence-corrected chi connectivity index (χ4v) is 1.65. The summed E-state index contributed by atoms with van der Waals surface area (Å²) in [5.41, 5.74) is 1.12. The molecule has 2 rings (SSSR count). The monoisotopic (exact) mass is 201 g/mol. The zero-order valence-electron chi connectivity index (χ0n) is 7.55. The van der Waals surface area contributed by atoms with Crippen LogP contribution in [0.15, 0.2) is 24.3 Å². The molecule has 1 aliphatic rings. The third-order valence-corrected chi connectivity index (χ3v) is 2.76. The number of hydrogen-bond donors (Lipinski definition) is 0. The lowest BCUT2D eigenvalue weighted by atomic mass is 9.97. The van der Waals surface area contributed by atoms with Gasteiger partial charge in [-0.2, -0.15) is 5.26 Å². The zero-order chi connectivity index (χ0) is 10.0. The summed E-state index contributed by atoms with van der Waals surface area (Å²) in [5.74, 6) is 5.49. The lowest BCUT2D eigenvalue weighted by molar-refractivity contribution is 0.930. The predicted octanol–water partition coefficient (Wildman–Crippen LogP) is 2.90. The molecule has 14 heavy (non-hydrogen) atoms. The molecule has 0 aromatic heterocycles. The van der Waals surface area contributed by atoms with Crippen molar-refractivity contribution in [3.63, 3.8) is 0 Å². The summed E-state index contributed by atoms with van der Waals surface area (Å²) in [5, 5.41) is 9.14. The highest BCUT2D eigenvalue weighted by Gasteiger charge is 2.42. The van der Waals surface area contributed by atoms with Crippen molar-refractivity contribution in [2.24, 2.45) is 0 Å². The Hall–Kier alpha value is -1.44. The fourth-order valence-electron chi connectivity index (χ4n) is 1.53. The summed E-state index contributed by atoms with van der Waals surface area (Å²) in [4.78, 5) is 0. The Morgan fingerprint density at radius 3 is 2.36 bits per heavy atom. The van der Waals surface area contributed by atoms with Crippen molar-refractivity contribution in [1.29, 1.82) is 5.26 Å². The molecule has 1 aromatic carbocycles. The van der Waals surface area contributed by atoms with Crippen LogP contribution in [-0.2, 0) is 5.41 Å². The van der Waals surface area contributed by atoms with Crippen LogP contribution >= 0.6 is 11.6 Å². The minimum atomic E-state index is -0.0552. The van der Waals surface area contributed by atoms with Gasteiger partial charge in [-0.15, -0.1) is 0 Å². The SMILES string of the molecule is N#CC#CC1(c2ccc(Cl)cc2)CC1. The molecule has 1 aromatic rings. The van der Waals surface area contributed by atoms with Crippen LogP contribution in [0.3, 0.4) is 0 Å². The van der Waals surface area contributed by atoms with Crippen LogP contribution in [-0.4, -0.2) is 0 Å². The molecule has 0 atom stereocenters. The molecule has 0 spiro atoms. The first-order valence-electron chi connectivity index (χ1n) is 4.44. The predicted molar refractivity (Wildman–Crippen MR) is 55.8 cm³/mol. The van der Waals surface area contributed by atoms with Crippen molar-refractivity contribution in [3.8, 4) is 17.9 Å². The van der Waals surface area contributed by atoms with E-state index in [9.17, 15) is 0 Å². The fraction of sp³-hybridized carbons (Fsp3) is 0.250. The van der Waals surface area contributed by atoms with Gasteiger partial charge in [0.15, 0.2) is 6.07 Å². The minimum Gasteiger partial charge on any atom is -0.183 e. The number of rotatable bonds is 1. The molecule has 1 nitrogen and oxygen atoms in total. The molecule has 1 fully saturated rings. The third-order valence-electron chi connectivity index (χ3n) is 2.50. The van der Waals surface area contributed by atoms with Gasteiger partial charge in [-0.1, -0.05) is 29.7 Å². The number of hydrogen-bond acceptors (Lipinski definition) is 1. The molecule has 0 N–H and O–H groups in total. The Bertz CT molecular complexity index is 438. The molecule has 68 valence electrons. The second-order valence-electron chi connectivity index (χ2n) is 3.45. The highest BCUT2D eigenvalue weighted by molar-refractivity contribution is 6.30. The second kappa shape index (κ2) is 3.37. The van der Waals surface area contributed by atoms with Crippen molar-refractivity contribution in [1.82, 2.24) is 0 Å². The molecule has 0 radical (unpaired) electrons. The van der Waals surface area contributed by atoms with E-state index in [-0.39, 0.29) is 5.41 Å². The molecule has 2 heteroatoms. The van der Waals surface area contributed by atoms with E-state index in [1.807, 2.05) is 30.3 Å². The molecule has 0 aliphatic heterocycles. The van der Waals surface area contributed by atoms with Gasteiger partial charge in [0.1, 0.15) is 0 Å².